The summed E-state index contributed by atoms with van der Waals surface area (Å²) in [6, 6.07) is 0. The predicted molar refractivity (Wildman–Crippen MR) is 80.2 cm³/mol. The number of hydrogen-bond acceptors (Lipinski definition) is 8. The largest absolute Gasteiger partial charge is 0.394 e. The van der Waals surface area contributed by atoms with Crippen LogP contribution >= 0.6 is 0 Å². The van der Waals surface area contributed by atoms with Gasteiger partial charge in [-0.05, 0) is 0 Å². The highest BCUT2D eigenvalue weighted by Gasteiger charge is 2.43. The quantitative estimate of drug-likeness (QED) is 0.466. The fourth-order valence-corrected chi connectivity index (χ4v) is 2.40. The van der Waals surface area contributed by atoms with Crippen LogP contribution in [0.1, 0.15) is 6.23 Å². The van der Waals surface area contributed by atoms with Gasteiger partial charge in [0, 0.05) is 14.1 Å². The summed E-state index contributed by atoms with van der Waals surface area (Å²) in [5, 5.41) is 29.2. The van der Waals surface area contributed by atoms with Crippen molar-refractivity contribution in [3.63, 3.8) is 0 Å². The van der Waals surface area contributed by atoms with E-state index >= 15 is 0 Å². The Kier molecular flexibility index (Phi) is 4.22. The maximum atomic E-state index is 10.1. The second kappa shape index (κ2) is 6.16. The number of rotatable bonds is 4. The van der Waals surface area contributed by atoms with Crippen LogP contribution in [0.4, 0.5) is 5.82 Å². The highest BCUT2D eigenvalue weighted by atomic mass is 16.6. The molecule has 0 aromatic carbocycles. The first-order chi connectivity index (χ1) is 11.0. The number of imidazole rings is 1. The molecule has 0 spiro atoms. The van der Waals surface area contributed by atoms with Crippen molar-refractivity contribution in [2.24, 2.45) is 4.99 Å². The maximum absolute atomic E-state index is 10.1. The average Bonchev–Trinajstić information content (AvgIpc) is 3.08. The van der Waals surface area contributed by atoms with Crippen LogP contribution < -0.4 is 0 Å². The molecule has 0 radical (unpaired) electrons. The third kappa shape index (κ3) is 2.77. The summed E-state index contributed by atoms with van der Waals surface area (Å²) in [4.78, 5) is 18.4. The summed E-state index contributed by atoms with van der Waals surface area (Å²) in [6.07, 6.45) is 0.225. The molecule has 124 valence electrons. The fraction of sp³-hybridized carbons (Fsp3) is 0.538. The first kappa shape index (κ1) is 15.7. The third-order valence-corrected chi connectivity index (χ3v) is 3.54. The molecule has 2 aromatic heterocycles. The van der Waals surface area contributed by atoms with Crippen LogP contribution in [0.15, 0.2) is 17.6 Å². The van der Waals surface area contributed by atoms with Gasteiger partial charge in [0.1, 0.15) is 24.6 Å². The molecule has 0 aliphatic carbocycles. The van der Waals surface area contributed by atoms with E-state index in [-0.39, 0.29) is 0 Å². The first-order valence-corrected chi connectivity index (χ1v) is 7.03. The average molecular weight is 322 g/mol. The Hall–Kier alpha value is -2.14. The van der Waals surface area contributed by atoms with Gasteiger partial charge in [-0.15, -0.1) is 0 Å². The van der Waals surface area contributed by atoms with E-state index in [1.54, 1.807) is 11.2 Å². The van der Waals surface area contributed by atoms with E-state index in [9.17, 15) is 15.3 Å². The molecular formula is C13H18N6O4. The van der Waals surface area contributed by atoms with E-state index in [2.05, 4.69) is 19.9 Å². The van der Waals surface area contributed by atoms with Crippen molar-refractivity contribution < 1.29 is 20.1 Å². The Morgan fingerprint density at radius 1 is 1.30 bits per heavy atom. The Morgan fingerprint density at radius 3 is 2.74 bits per heavy atom. The van der Waals surface area contributed by atoms with Crippen LogP contribution in [-0.2, 0) is 4.74 Å². The van der Waals surface area contributed by atoms with Crippen molar-refractivity contribution in [2.75, 3.05) is 20.7 Å². The standard InChI is InChI=1S/C13H18N6O4/c1-18(2)5-17-11-8-12(15-4-14-11)19(6-16-8)13-10(22)9(21)7(3-20)23-13/h4-7,9-10,13,20-22H,3H2,1-2H3/t7-,9+,10-,13-/m0/s1. The monoisotopic (exact) mass is 322 g/mol. The number of nitrogens with zero attached hydrogens (tertiary/aromatic N) is 6. The molecular weight excluding hydrogens is 304 g/mol. The van der Waals surface area contributed by atoms with Crippen molar-refractivity contribution >= 4 is 23.3 Å². The van der Waals surface area contributed by atoms with Gasteiger partial charge in [-0.2, -0.15) is 0 Å². The molecule has 3 rings (SSSR count). The van der Waals surface area contributed by atoms with Gasteiger partial charge in [-0.25, -0.2) is 19.9 Å². The lowest BCUT2D eigenvalue weighted by molar-refractivity contribution is -0.0511. The lowest BCUT2D eigenvalue weighted by Gasteiger charge is -2.16. The summed E-state index contributed by atoms with van der Waals surface area (Å²) < 4.78 is 6.99. The zero-order valence-corrected chi connectivity index (χ0v) is 12.7. The predicted octanol–water partition coefficient (Wildman–Crippen LogP) is -1.34. The smallest absolute Gasteiger partial charge is 0.184 e. The Bertz CT molecular complexity index is 718. The molecule has 3 heterocycles. The molecule has 23 heavy (non-hydrogen) atoms. The topological polar surface area (TPSA) is 129 Å². The highest BCUT2D eigenvalue weighted by molar-refractivity contribution is 5.82. The molecule has 0 amide bonds. The molecule has 0 bridgehead atoms. The van der Waals surface area contributed by atoms with E-state index < -0.39 is 31.1 Å². The van der Waals surface area contributed by atoms with E-state index in [0.29, 0.717) is 17.0 Å². The minimum atomic E-state index is -1.20. The fourth-order valence-electron chi connectivity index (χ4n) is 2.40. The molecule has 4 atom stereocenters. The summed E-state index contributed by atoms with van der Waals surface area (Å²) in [6.45, 7) is -0.394. The van der Waals surface area contributed by atoms with Gasteiger partial charge in [-0.3, -0.25) is 4.57 Å². The normalized spacial score (nSPS) is 28.0. The Morgan fingerprint density at radius 2 is 2.09 bits per heavy atom. The van der Waals surface area contributed by atoms with Crippen LogP contribution in [0.3, 0.4) is 0 Å². The third-order valence-electron chi connectivity index (χ3n) is 3.54. The van der Waals surface area contributed by atoms with Crippen LogP contribution in [-0.4, -0.2) is 85.1 Å². The van der Waals surface area contributed by atoms with Crippen molar-refractivity contribution in [1.82, 2.24) is 24.4 Å². The summed E-state index contributed by atoms with van der Waals surface area (Å²) in [5.41, 5.74) is 0.865. The number of aliphatic hydroxyl groups is 3. The lowest BCUT2D eigenvalue weighted by atomic mass is 10.1. The molecule has 10 nitrogen and oxygen atoms in total. The second-order valence-electron chi connectivity index (χ2n) is 5.46. The minimum absolute atomic E-state index is 0.384. The van der Waals surface area contributed by atoms with Gasteiger partial charge < -0.3 is 25.0 Å². The van der Waals surface area contributed by atoms with Crippen LogP contribution in [0, 0.1) is 0 Å². The first-order valence-electron chi connectivity index (χ1n) is 7.03. The molecule has 1 saturated heterocycles. The molecule has 3 N–H and O–H groups in total. The van der Waals surface area contributed by atoms with Gasteiger partial charge in [0.15, 0.2) is 23.2 Å². The zero-order valence-electron chi connectivity index (χ0n) is 12.7. The molecule has 1 fully saturated rings. The number of hydrogen-bond donors (Lipinski definition) is 3. The summed E-state index contributed by atoms with van der Waals surface area (Å²) in [7, 11) is 3.67. The lowest BCUT2D eigenvalue weighted by Crippen LogP contribution is -2.33. The minimum Gasteiger partial charge on any atom is -0.394 e. The van der Waals surface area contributed by atoms with Crippen molar-refractivity contribution in [2.45, 2.75) is 24.5 Å². The number of aromatic nitrogens is 4. The summed E-state index contributed by atoms with van der Waals surface area (Å²) >= 11 is 0. The second-order valence-corrected chi connectivity index (χ2v) is 5.46. The van der Waals surface area contributed by atoms with Crippen LogP contribution in [0.2, 0.25) is 0 Å². The summed E-state index contributed by atoms with van der Waals surface area (Å²) in [5.74, 6) is 0.384. The number of fused-ring (bicyclic) bond motifs is 1. The zero-order chi connectivity index (χ0) is 16.6. The van der Waals surface area contributed by atoms with E-state index in [0.717, 1.165) is 0 Å². The van der Waals surface area contributed by atoms with E-state index in [1.165, 1.54) is 17.2 Å². The van der Waals surface area contributed by atoms with Gasteiger partial charge in [-0.1, -0.05) is 0 Å². The van der Waals surface area contributed by atoms with Crippen LogP contribution in [0.5, 0.6) is 0 Å². The molecule has 1 aliphatic rings. The van der Waals surface area contributed by atoms with E-state index in [4.69, 9.17) is 4.74 Å². The molecule has 10 heteroatoms. The molecule has 0 unspecified atom stereocenters. The number of aliphatic hydroxyl groups excluding tert-OH is 3. The van der Waals surface area contributed by atoms with Crippen molar-refractivity contribution in [3.8, 4) is 0 Å². The molecule has 2 aromatic rings. The van der Waals surface area contributed by atoms with Gasteiger partial charge in [0.05, 0.1) is 19.3 Å². The number of ether oxygens (including phenoxy) is 1. The van der Waals surface area contributed by atoms with Crippen molar-refractivity contribution in [1.29, 1.82) is 0 Å². The van der Waals surface area contributed by atoms with E-state index in [1.807, 2.05) is 14.1 Å². The van der Waals surface area contributed by atoms with Gasteiger partial charge in [0.2, 0.25) is 0 Å². The van der Waals surface area contributed by atoms with Gasteiger partial charge >= 0.3 is 0 Å². The van der Waals surface area contributed by atoms with Crippen LogP contribution in [0.25, 0.3) is 11.2 Å². The number of aliphatic imine (C=N–C) groups is 1. The Balaban J connectivity index is 1.99. The molecule has 1 aliphatic heterocycles. The SMILES string of the molecule is CN(C)C=Nc1ncnc2c1ncn2[C@H]1O[C@@H](CO)[C@@H](O)[C@@H]1O. The van der Waals surface area contributed by atoms with Crippen molar-refractivity contribution in [3.05, 3.63) is 12.7 Å². The Labute approximate surface area is 131 Å². The van der Waals surface area contributed by atoms with Gasteiger partial charge in [0.25, 0.3) is 0 Å². The molecule has 0 saturated carbocycles. The maximum Gasteiger partial charge on any atom is 0.184 e. The highest BCUT2D eigenvalue weighted by Crippen LogP contribution is 2.32.